The van der Waals surface area contributed by atoms with Crippen LogP contribution in [-0.4, -0.2) is 59.4 Å². The summed E-state index contributed by atoms with van der Waals surface area (Å²) in [5.41, 5.74) is 1.60. The van der Waals surface area contributed by atoms with Gasteiger partial charge in [-0.25, -0.2) is 0 Å². The average molecular weight is 533 g/mol. The van der Waals surface area contributed by atoms with Crippen molar-refractivity contribution in [1.82, 2.24) is 20.4 Å². The number of carbonyl (C=O) groups is 3. The van der Waals surface area contributed by atoms with Crippen molar-refractivity contribution in [3.05, 3.63) is 71.9 Å². The highest BCUT2D eigenvalue weighted by Gasteiger charge is 2.47. The number of nitrogens with zero attached hydrogens (tertiary/aromatic N) is 2. The Kier molecular flexibility index (Phi) is 9.07. The van der Waals surface area contributed by atoms with Crippen molar-refractivity contribution >= 4 is 23.8 Å². The van der Waals surface area contributed by atoms with Crippen LogP contribution in [0.3, 0.4) is 0 Å². The highest BCUT2D eigenvalue weighted by molar-refractivity contribution is 5.94. The van der Waals surface area contributed by atoms with Gasteiger partial charge in [-0.1, -0.05) is 76.6 Å². The maximum absolute atomic E-state index is 14.3. The molecule has 4 rings (SSSR count). The molecule has 2 aromatic rings. The highest BCUT2D eigenvalue weighted by atomic mass is 16.5. The molecule has 8 heteroatoms. The van der Waals surface area contributed by atoms with Gasteiger partial charge in [0.25, 0.3) is 0 Å². The number of nitrogens with one attached hydrogen (secondary N) is 2. The third-order valence-corrected chi connectivity index (χ3v) is 7.61. The Hall–Kier alpha value is -3.65. The van der Waals surface area contributed by atoms with Crippen LogP contribution in [0, 0.1) is 11.8 Å². The molecule has 2 aliphatic heterocycles. The van der Waals surface area contributed by atoms with Crippen LogP contribution in [0.4, 0.5) is 0 Å². The fourth-order valence-electron chi connectivity index (χ4n) is 5.23. The number of ether oxygens (including phenoxy) is 1. The van der Waals surface area contributed by atoms with Gasteiger partial charge in [0.15, 0.2) is 12.1 Å². The lowest BCUT2D eigenvalue weighted by Gasteiger charge is -2.35. The van der Waals surface area contributed by atoms with Gasteiger partial charge in [0.05, 0.1) is 12.7 Å². The zero-order valence-corrected chi connectivity index (χ0v) is 23.5. The first-order valence-corrected chi connectivity index (χ1v) is 13.8. The molecule has 0 saturated carbocycles. The van der Waals surface area contributed by atoms with Crippen LogP contribution in [0.15, 0.2) is 60.8 Å². The minimum absolute atomic E-state index is 0.111. The standard InChI is InChI=1S/C31H40N4O4/c1-6-21(4)26-29(36)32-16-15-22-11-10-14-24(18-22)39-28(23-12-8-7-9-13-23)27(30(37)33-26)35-19-34(5)25(31(35)38)17-20(2)3/h7-16,18,20-21,25-28H,6,17,19H2,1-5H3,(H,32,36)(H,33,37). The summed E-state index contributed by atoms with van der Waals surface area (Å²) in [5, 5.41) is 5.83. The topological polar surface area (TPSA) is 91.0 Å². The molecule has 8 nitrogen and oxygen atoms in total. The van der Waals surface area contributed by atoms with E-state index in [0.29, 0.717) is 24.5 Å². The molecular formula is C31H40N4O4. The summed E-state index contributed by atoms with van der Waals surface area (Å²) in [6.45, 7) is 8.37. The van der Waals surface area contributed by atoms with Crippen LogP contribution in [0.2, 0.25) is 0 Å². The first kappa shape index (κ1) is 28.4. The molecule has 0 spiro atoms. The maximum Gasteiger partial charge on any atom is 0.247 e. The van der Waals surface area contributed by atoms with E-state index in [2.05, 4.69) is 24.5 Å². The van der Waals surface area contributed by atoms with Crippen LogP contribution >= 0.6 is 0 Å². The van der Waals surface area contributed by atoms with Crippen LogP contribution in [0.25, 0.3) is 6.08 Å². The smallest absolute Gasteiger partial charge is 0.247 e. The highest BCUT2D eigenvalue weighted by Crippen LogP contribution is 2.33. The normalized spacial score (nSPS) is 25.3. The van der Waals surface area contributed by atoms with E-state index in [0.717, 1.165) is 11.1 Å². The van der Waals surface area contributed by atoms with Crippen LogP contribution in [0.5, 0.6) is 5.75 Å². The number of fused-ring (bicyclic) bond motifs is 2. The lowest BCUT2D eigenvalue weighted by Crippen LogP contribution is -2.58. The van der Waals surface area contributed by atoms with Gasteiger partial charge in [-0.15, -0.1) is 0 Å². The minimum Gasteiger partial charge on any atom is -0.483 e. The predicted octanol–water partition coefficient (Wildman–Crippen LogP) is 3.95. The van der Waals surface area contributed by atoms with Gasteiger partial charge in [0.2, 0.25) is 17.7 Å². The molecule has 208 valence electrons. The van der Waals surface area contributed by atoms with Crippen LogP contribution in [-0.2, 0) is 14.4 Å². The summed E-state index contributed by atoms with van der Waals surface area (Å²) < 4.78 is 6.59. The van der Waals surface area contributed by atoms with Gasteiger partial charge in [0, 0.05) is 6.20 Å². The average Bonchev–Trinajstić information content (AvgIpc) is 3.19. The number of rotatable bonds is 6. The summed E-state index contributed by atoms with van der Waals surface area (Å²) in [6, 6.07) is 14.8. The molecule has 5 unspecified atom stereocenters. The third-order valence-electron chi connectivity index (χ3n) is 7.61. The van der Waals surface area contributed by atoms with E-state index in [1.807, 2.05) is 80.4 Å². The Morgan fingerprint density at radius 2 is 1.74 bits per heavy atom. The first-order valence-electron chi connectivity index (χ1n) is 13.8. The van der Waals surface area contributed by atoms with Crippen molar-refractivity contribution in [2.24, 2.45) is 11.8 Å². The maximum atomic E-state index is 14.3. The van der Waals surface area contributed by atoms with Gasteiger partial charge < -0.3 is 20.3 Å². The summed E-state index contributed by atoms with van der Waals surface area (Å²) in [4.78, 5) is 45.0. The van der Waals surface area contributed by atoms with E-state index < -0.39 is 24.1 Å². The summed E-state index contributed by atoms with van der Waals surface area (Å²) >= 11 is 0. The van der Waals surface area contributed by atoms with Crippen LogP contribution < -0.4 is 15.4 Å². The Morgan fingerprint density at radius 3 is 2.44 bits per heavy atom. The first-order chi connectivity index (χ1) is 18.7. The van der Waals surface area contributed by atoms with E-state index in [1.165, 1.54) is 0 Å². The monoisotopic (exact) mass is 532 g/mol. The number of benzene rings is 2. The number of amides is 3. The van der Waals surface area contributed by atoms with Gasteiger partial charge in [0.1, 0.15) is 11.8 Å². The van der Waals surface area contributed by atoms with Gasteiger partial charge in [-0.3, -0.25) is 19.3 Å². The second kappa shape index (κ2) is 12.5. The molecule has 0 aromatic heterocycles. The molecule has 2 aliphatic rings. The molecule has 2 N–H and O–H groups in total. The van der Waals surface area contributed by atoms with E-state index in [9.17, 15) is 14.4 Å². The molecule has 2 aromatic carbocycles. The molecule has 1 saturated heterocycles. The number of likely N-dealkylation sites (N-methyl/N-ethyl adjacent to an activating group) is 1. The summed E-state index contributed by atoms with van der Waals surface area (Å²) in [7, 11) is 1.91. The van der Waals surface area contributed by atoms with Gasteiger partial charge in [-0.2, -0.15) is 0 Å². The van der Waals surface area contributed by atoms with E-state index in [4.69, 9.17) is 4.74 Å². The number of carbonyl (C=O) groups excluding carboxylic acids is 3. The fourth-order valence-corrected chi connectivity index (χ4v) is 5.23. The number of hydrogen-bond donors (Lipinski definition) is 2. The van der Waals surface area contributed by atoms with Crippen molar-refractivity contribution < 1.29 is 19.1 Å². The Bertz CT molecular complexity index is 1200. The second-order valence-corrected chi connectivity index (χ2v) is 11.0. The largest absolute Gasteiger partial charge is 0.483 e. The van der Waals surface area contributed by atoms with Crippen molar-refractivity contribution in [2.75, 3.05) is 13.7 Å². The molecule has 3 amide bonds. The van der Waals surface area contributed by atoms with E-state index >= 15 is 0 Å². The molecule has 2 heterocycles. The predicted molar refractivity (Wildman–Crippen MR) is 151 cm³/mol. The zero-order valence-electron chi connectivity index (χ0n) is 23.5. The molecule has 2 bridgehead atoms. The molecule has 39 heavy (non-hydrogen) atoms. The Balaban J connectivity index is 1.85. The SMILES string of the molecule is CCC(C)C1NC(=O)C(N2CN(C)C(CC(C)C)C2=O)C(c2ccccc2)Oc2cccc(c2)C=CNC1=O. The van der Waals surface area contributed by atoms with Crippen LogP contribution in [0.1, 0.15) is 57.8 Å². The van der Waals surface area contributed by atoms with E-state index in [1.54, 1.807) is 17.2 Å². The Labute approximate surface area is 231 Å². The second-order valence-electron chi connectivity index (χ2n) is 11.0. The molecule has 0 aliphatic carbocycles. The third kappa shape index (κ3) is 6.50. The zero-order chi connectivity index (χ0) is 28.1. The van der Waals surface area contributed by atoms with Gasteiger partial charge in [-0.05, 0) is 54.6 Å². The van der Waals surface area contributed by atoms with Gasteiger partial charge >= 0.3 is 0 Å². The lowest BCUT2D eigenvalue weighted by atomic mass is 9.95. The van der Waals surface area contributed by atoms with Crippen molar-refractivity contribution in [3.63, 3.8) is 0 Å². The van der Waals surface area contributed by atoms with Crippen molar-refractivity contribution in [1.29, 1.82) is 0 Å². The molecule has 0 radical (unpaired) electrons. The molecular weight excluding hydrogens is 492 g/mol. The molecule has 1 fully saturated rings. The van der Waals surface area contributed by atoms with Crippen molar-refractivity contribution in [2.45, 2.75) is 64.8 Å². The summed E-state index contributed by atoms with van der Waals surface area (Å²) in [6.07, 6.45) is 3.95. The number of hydrogen-bond acceptors (Lipinski definition) is 5. The quantitative estimate of drug-likeness (QED) is 0.588. The lowest BCUT2D eigenvalue weighted by molar-refractivity contribution is -0.143. The Morgan fingerprint density at radius 1 is 1.00 bits per heavy atom. The molecule has 5 atom stereocenters. The summed E-state index contributed by atoms with van der Waals surface area (Å²) in [5.74, 6) is -0.0914. The minimum atomic E-state index is -1.00. The van der Waals surface area contributed by atoms with Crippen molar-refractivity contribution in [3.8, 4) is 5.75 Å². The van der Waals surface area contributed by atoms with E-state index in [-0.39, 0.29) is 30.4 Å². The fraction of sp³-hybridized carbons (Fsp3) is 0.452.